The molecule has 0 aliphatic carbocycles. The fourth-order valence-electron chi connectivity index (χ4n) is 1.56. The van der Waals surface area contributed by atoms with E-state index in [0.29, 0.717) is 19.6 Å². The second-order valence-electron chi connectivity index (χ2n) is 4.21. The number of nitrogens with one attached hydrogen (secondary N) is 1. The number of rotatable bonds is 2. The Balaban J connectivity index is 2.89. The van der Waals surface area contributed by atoms with Gasteiger partial charge in [-0.1, -0.05) is 6.08 Å². The van der Waals surface area contributed by atoms with Gasteiger partial charge in [-0.2, -0.15) is 4.31 Å². The molecule has 0 bridgehead atoms. The summed E-state index contributed by atoms with van der Waals surface area (Å²) in [4.78, 5) is 0. The third-order valence-corrected chi connectivity index (χ3v) is 4.05. The highest BCUT2D eigenvalue weighted by atomic mass is 32.2. The maximum atomic E-state index is 11.7. The molecule has 4 nitrogen and oxygen atoms in total. The first-order chi connectivity index (χ1) is 6.37. The highest BCUT2D eigenvalue weighted by Gasteiger charge is 2.31. The second-order valence-corrected chi connectivity index (χ2v) is 6.30. The lowest BCUT2D eigenvalue weighted by Crippen LogP contribution is -2.47. The molecule has 1 heterocycles. The summed E-state index contributed by atoms with van der Waals surface area (Å²) in [5, 5.41) is 3.21. The van der Waals surface area contributed by atoms with E-state index in [9.17, 15) is 8.42 Å². The lowest BCUT2D eigenvalue weighted by molar-refractivity contribution is 0.319. The van der Waals surface area contributed by atoms with E-state index in [1.807, 2.05) is 13.8 Å². The minimum absolute atomic E-state index is 0.160. The Labute approximate surface area is 86.0 Å². The lowest BCUT2D eigenvalue weighted by atomic mass is 10.1. The average Bonchev–Trinajstić information content (AvgIpc) is 2.10. The molecule has 1 N–H and O–H groups in total. The van der Waals surface area contributed by atoms with Crippen LogP contribution in [0, 0.1) is 0 Å². The highest BCUT2D eigenvalue weighted by molar-refractivity contribution is 7.89. The van der Waals surface area contributed by atoms with Crippen molar-refractivity contribution in [3.05, 3.63) is 12.7 Å². The van der Waals surface area contributed by atoms with Crippen molar-refractivity contribution in [3.8, 4) is 0 Å². The van der Waals surface area contributed by atoms with Crippen LogP contribution in [0.1, 0.15) is 13.8 Å². The summed E-state index contributed by atoms with van der Waals surface area (Å²) in [5.41, 5.74) is -0.160. The molecule has 0 unspecified atom stereocenters. The molecule has 0 atom stereocenters. The van der Waals surface area contributed by atoms with Crippen LogP contribution in [0.4, 0.5) is 0 Å². The van der Waals surface area contributed by atoms with E-state index in [2.05, 4.69) is 11.9 Å². The molecule has 5 heteroatoms. The molecule has 0 spiro atoms. The molecule has 0 amide bonds. The van der Waals surface area contributed by atoms with Gasteiger partial charge in [0.05, 0.1) is 5.75 Å². The van der Waals surface area contributed by atoms with Gasteiger partial charge in [-0.15, -0.1) is 6.58 Å². The summed E-state index contributed by atoms with van der Waals surface area (Å²) in [6, 6.07) is 0. The number of sulfonamides is 1. The van der Waals surface area contributed by atoms with Crippen LogP contribution in [0.2, 0.25) is 0 Å². The Hall–Kier alpha value is -0.390. The number of hydrogen-bond donors (Lipinski definition) is 1. The Morgan fingerprint density at radius 1 is 1.57 bits per heavy atom. The van der Waals surface area contributed by atoms with Gasteiger partial charge in [-0.25, -0.2) is 8.42 Å². The van der Waals surface area contributed by atoms with Gasteiger partial charge in [0.15, 0.2) is 0 Å². The molecule has 0 radical (unpaired) electrons. The first-order valence-electron chi connectivity index (χ1n) is 4.71. The van der Waals surface area contributed by atoms with Gasteiger partial charge in [0, 0.05) is 25.2 Å². The van der Waals surface area contributed by atoms with Gasteiger partial charge in [0.25, 0.3) is 0 Å². The predicted molar refractivity (Wildman–Crippen MR) is 57.6 cm³/mol. The zero-order valence-electron chi connectivity index (χ0n) is 8.78. The van der Waals surface area contributed by atoms with Crippen LogP contribution in [0.15, 0.2) is 12.7 Å². The molecule has 14 heavy (non-hydrogen) atoms. The van der Waals surface area contributed by atoms with E-state index in [4.69, 9.17) is 0 Å². The Morgan fingerprint density at radius 3 is 2.79 bits per heavy atom. The zero-order valence-corrected chi connectivity index (χ0v) is 9.60. The summed E-state index contributed by atoms with van der Waals surface area (Å²) < 4.78 is 24.9. The molecule has 1 rings (SSSR count). The van der Waals surface area contributed by atoms with Crippen LogP contribution in [-0.2, 0) is 10.0 Å². The number of hydrogen-bond acceptors (Lipinski definition) is 3. The summed E-state index contributed by atoms with van der Waals surface area (Å²) in [6.45, 7) is 8.99. The molecule has 1 aliphatic heterocycles. The van der Waals surface area contributed by atoms with Gasteiger partial charge >= 0.3 is 0 Å². The van der Waals surface area contributed by atoms with E-state index < -0.39 is 10.0 Å². The van der Waals surface area contributed by atoms with Crippen molar-refractivity contribution in [2.24, 2.45) is 0 Å². The predicted octanol–water partition coefficient (Wildman–Crippen LogP) is 0.186. The number of nitrogens with zero attached hydrogens (tertiary/aromatic N) is 1. The quantitative estimate of drug-likeness (QED) is 0.673. The van der Waals surface area contributed by atoms with Gasteiger partial charge < -0.3 is 5.32 Å². The lowest BCUT2D eigenvalue weighted by Gasteiger charge is -2.28. The van der Waals surface area contributed by atoms with Crippen LogP contribution in [0.3, 0.4) is 0 Å². The fraction of sp³-hybridized carbons (Fsp3) is 0.778. The summed E-state index contributed by atoms with van der Waals surface area (Å²) in [7, 11) is -3.09. The van der Waals surface area contributed by atoms with Crippen LogP contribution in [-0.4, -0.2) is 43.6 Å². The van der Waals surface area contributed by atoms with Crippen LogP contribution >= 0.6 is 0 Å². The summed E-state index contributed by atoms with van der Waals surface area (Å²) in [6.07, 6.45) is 1.62. The van der Waals surface area contributed by atoms with E-state index in [0.717, 1.165) is 0 Å². The standard InChI is InChI=1S/C9H18N2O2S/c1-4-6-11-8-9(2,3)10-5-7-14(11,12)13/h4,10H,1,5-8H2,2-3H3. The van der Waals surface area contributed by atoms with Crippen molar-refractivity contribution in [2.75, 3.05) is 25.4 Å². The largest absolute Gasteiger partial charge is 0.309 e. The van der Waals surface area contributed by atoms with Crippen molar-refractivity contribution >= 4 is 10.0 Å². The SMILES string of the molecule is C=CCN1CC(C)(C)NCCS1(=O)=O. The Kier molecular flexibility index (Phi) is 3.34. The Bertz CT molecular complexity index is 309. The molecule has 0 aromatic heterocycles. The van der Waals surface area contributed by atoms with Crippen molar-refractivity contribution in [1.82, 2.24) is 9.62 Å². The molecule has 0 aromatic rings. The average molecular weight is 218 g/mol. The third kappa shape index (κ3) is 2.80. The third-order valence-electron chi connectivity index (χ3n) is 2.26. The zero-order chi connectivity index (χ0) is 10.8. The molecule has 0 saturated carbocycles. The Morgan fingerprint density at radius 2 is 2.21 bits per heavy atom. The molecule has 1 saturated heterocycles. The first kappa shape index (κ1) is 11.7. The van der Waals surface area contributed by atoms with Gasteiger partial charge in [-0.05, 0) is 13.8 Å². The minimum Gasteiger partial charge on any atom is -0.309 e. The van der Waals surface area contributed by atoms with Crippen LogP contribution in [0.25, 0.3) is 0 Å². The molecular formula is C9H18N2O2S. The molecular weight excluding hydrogens is 200 g/mol. The first-order valence-corrected chi connectivity index (χ1v) is 6.32. The minimum atomic E-state index is -3.09. The highest BCUT2D eigenvalue weighted by Crippen LogP contribution is 2.13. The van der Waals surface area contributed by atoms with Gasteiger partial charge in [-0.3, -0.25) is 0 Å². The van der Waals surface area contributed by atoms with Crippen molar-refractivity contribution in [2.45, 2.75) is 19.4 Å². The second kappa shape index (κ2) is 4.00. The van der Waals surface area contributed by atoms with Crippen molar-refractivity contribution in [3.63, 3.8) is 0 Å². The maximum absolute atomic E-state index is 11.7. The van der Waals surface area contributed by atoms with E-state index >= 15 is 0 Å². The van der Waals surface area contributed by atoms with Gasteiger partial charge in [0.1, 0.15) is 0 Å². The van der Waals surface area contributed by atoms with Crippen molar-refractivity contribution in [1.29, 1.82) is 0 Å². The molecule has 1 aliphatic rings. The van der Waals surface area contributed by atoms with Crippen molar-refractivity contribution < 1.29 is 8.42 Å². The monoisotopic (exact) mass is 218 g/mol. The van der Waals surface area contributed by atoms with E-state index in [1.165, 1.54) is 4.31 Å². The van der Waals surface area contributed by atoms with E-state index in [1.54, 1.807) is 6.08 Å². The molecule has 0 aromatic carbocycles. The van der Waals surface area contributed by atoms with Gasteiger partial charge in [0.2, 0.25) is 10.0 Å². The topological polar surface area (TPSA) is 49.4 Å². The summed E-state index contributed by atoms with van der Waals surface area (Å²) in [5.74, 6) is 0.171. The van der Waals surface area contributed by atoms with Crippen LogP contribution in [0.5, 0.6) is 0 Å². The normalized spacial score (nSPS) is 26.7. The molecule has 1 fully saturated rings. The maximum Gasteiger partial charge on any atom is 0.215 e. The van der Waals surface area contributed by atoms with E-state index in [-0.39, 0.29) is 11.3 Å². The molecule has 82 valence electrons. The fourth-order valence-corrected chi connectivity index (χ4v) is 3.03. The van der Waals surface area contributed by atoms with Crippen LogP contribution < -0.4 is 5.32 Å². The smallest absolute Gasteiger partial charge is 0.215 e. The summed E-state index contributed by atoms with van der Waals surface area (Å²) >= 11 is 0.